The van der Waals surface area contributed by atoms with Gasteiger partial charge >= 0.3 is 0 Å². The molecule has 0 bridgehead atoms. The molecule has 0 saturated carbocycles. The molecular formula is C23H20Cl2N2O4. The molecule has 8 heteroatoms. The lowest BCUT2D eigenvalue weighted by Gasteiger charge is -2.14. The van der Waals surface area contributed by atoms with E-state index in [9.17, 15) is 4.79 Å². The van der Waals surface area contributed by atoms with E-state index >= 15 is 0 Å². The summed E-state index contributed by atoms with van der Waals surface area (Å²) in [5, 5.41) is 5.02. The van der Waals surface area contributed by atoms with Crippen LogP contribution in [0.4, 0.5) is 0 Å². The molecule has 0 aliphatic heterocycles. The number of halogens is 2. The summed E-state index contributed by atoms with van der Waals surface area (Å²) in [5.74, 6) is 1.00. The summed E-state index contributed by atoms with van der Waals surface area (Å²) in [6, 6.07) is 19.7. The maximum Gasteiger partial charge on any atom is 0.277 e. The number of amides is 1. The zero-order valence-corrected chi connectivity index (χ0v) is 18.2. The third kappa shape index (κ3) is 6.38. The Hall–Kier alpha value is -3.22. The number of hydrogen-bond donors (Lipinski definition) is 1. The summed E-state index contributed by atoms with van der Waals surface area (Å²) < 4.78 is 16.7. The van der Waals surface area contributed by atoms with Gasteiger partial charge in [-0.3, -0.25) is 4.79 Å². The average molecular weight is 459 g/mol. The summed E-state index contributed by atoms with van der Waals surface area (Å²) in [6.45, 7) is 0.0218. The van der Waals surface area contributed by atoms with Gasteiger partial charge in [-0.15, -0.1) is 0 Å². The van der Waals surface area contributed by atoms with E-state index in [4.69, 9.17) is 37.4 Å². The average Bonchev–Trinajstić information content (AvgIpc) is 2.78. The van der Waals surface area contributed by atoms with Crippen molar-refractivity contribution < 1.29 is 19.0 Å². The van der Waals surface area contributed by atoms with E-state index < -0.39 is 5.91 Å². The Kier molecular flexibility index (Phi) is 8.15. The normalized spacial score (nSPS) is 10.7. The second-order valence-electron chi connectivity index (χ2n) is 6.27. The Balaban J connectivity index is 1.63. The summed E-state index contributed by atoms with van der Waals surface area (Å²) in [5.41, 5.74) is 3.87. The van der Waals surface area contributed by atoms with E-state index in [1.807, 2.05) is 18.2 Å². The summed E-state index contributed by atoms with van der Waals surface area (Å²) in [7, 11) is 1.55. The molecule has 1 amide bonds. The Bertz CT molecular complexity index is 1070. The standard InChI is InChI=1S/C23H20Cl2N2O4/c1-29-21-12-6-8-16(23(21)31-14-17-7-2-3-9-18(17)24)13-26-27-22(28)15-30-20-11-5-4-10-19(20)25/h2-13H,14-15H2,1H3,(H,27,28)/b26-13-. The highest BCUT2D eigenvalue weighted by Gasteiger charge is 2.11. The monoisotopic (exact) mass is 458 g/mol. The molecule has 31 heavy (non-hydrogen) atoms. The van der Waals surface area contributed by atoms with E-state index in [-0.39, 0.29) is 13.2 Å². The van der Waals surface area contributed by atoms with Gasteiger partial charge in [0, 0.05) is 16.1 Å². The van der Waals surface area contributed by atoms with Gasteiger partial charge in [-0.05, 0) is 30.3 Å². The van der Waals surface area contributed by atoms with Crippen LogP contribution in [0.2, 0.25) is 10.0 Å². The quantitative estimate of drug-likeness (QED) is 0.357. The highest BCUT2D eigenvalue weighted by molar-refractivity contribution is 6.32. The Morgan fingerprint density at radius 2 is 1.65 bits per heavy atom. The number of nitrogens with one attached hydrogen (secondary N) is 1. The van der Waals surface area contributed by atoms with Crippen molar-refractivity contribution in [3.05, 3.63) is 87.9 Å². The maximum absolute atomic E-state index is 12.0. The first-order valence-electron chi connectivity index (χ1n) is 9.31. The molecule has 0 aromatic heterocycles. The minimum Gasteiger partial charge on any atom is -0.493 e. The minimum atomic E-state index is -0.433. The molecule has 0 heterocycles. The van der Waals surface area contributed by atoms with Gasteiger partial charge in [-0.25, -0.2) is 5.43 Å². The minimum absolute atomic E-state index is 0.227. The first-order valence-corrected chi connectivity index (χ1v) is 10.1. The predicted octanol–water partition coefficient (Wildman–Crippen LogP) is 5.11. The molecule has 6 nitrogen and oxygen atoms in total. The highest BCUT2D eigenvalue weighted by Crippen LogP contribution is 2.31. The Labute approximate surface area is 190 Å². The largest absolute Gasteiger partial charge is 0.493 e. The van der Waals surface area contributed by atoms with E-state index in [2.05, 4.69) is 10.5 Å². The predicted molar refractivity (Wildman–Crippen MR) is 121 cm³/mol. The van der Waals surface area contributed by atoms with Crippen molar-refractivity contribution in [3.8, 4) is 17.2 Å². The van der Waals surface area contributed by atoms with Crippen molar-refractivity contribution in [2.45, 2.75) is 6.61 Å². The SMILES string of the molecule is COc1cccc(/C=N\NC(=O)COc2ccccc2Cl)c1OCc1ccccc1Cl. The smallest absolute Gasteiger partial charge is 0.277 e. The molecular weight excluding hydrogens is 439 g/mol. The number of benzene rings is 3. The third-order valence-electron chi connectivity index (χ3n) is 4.15. The van der Waals surface area contributed by atoms with Gasteiger partial charge in [-0.2, -0.15) is 5.10 Å². The molecule has 3 aromatic carbocycles. The van der Waals surface area contributed by atoms with Crippen LogP contribution >= 0.6 is 23.2 Å². The maximum atomic E-state index is 12.0. The number of hydrazone groups is 1. The molecule has 160 valence electrons. The molecule has 0 saturated heterocycles. The lowest BCUT2D eigenvalue weighted by atomic mass is 10.2. The molecule has 3 rings (SSSR count). The molecule has 3 aromatic rings. The van der Waals surface area contributed by atoms with E-state index in [0.29, 0.717) is 32.9 Å². The number of para-hydroxylation sites is 2. The Morgan fingerprint density at radius 3 is 2.39 bits per heavy atom. The molecule has 0 atom stereocenters. The van der Waals surface area contributed by atoms with Crippen molar-refractivity contribution in [1.29, 1.82) is 0 Å². The van der Waals surface area contributed by atoms with Crippen LogP contribution < -0.4 is 19.6 Å². The zero-order valence-electron chi connectivity index (χ0n) is 16.7. The molecule has 0 aliphatic carbocycles. The number of hydrogen-bond acceptors (Lipinski definition) is 5. The molecule has 0 spiro atoms. The van der Waals surface area contributed by atoms with E-state index in [1.54, 1.807) is 55.6 Å². The van der Waals surface area contributed by atoms with Crippen LogP contribution in [0.15, 0.2) is 71.8 Å². The van der Waals surface area contributed by atoms with Crippen molar-refractivity contribution >= 4 is 35.3 Å². The van der Waals surface area contributed by atoms with E-state index in [0.717, 1.165) is 5.56 Å². The van der Waals surface area contributed by atoms with Gasteiger partial charge in [0.1, 0.15) is 12.4 Å². The van der Waals surface area contributed by atoms with E-state index in [1.165, 1.54) is 6.21 Å². The number of rotatable bonds is 9. The second-order valence-corrected chi connectivity index (χ2v) is 7.09. The molecule has 0 radical (unpaired) electrons. The van der Waals surface area contributed by atoms with Crippen LogP contribution in [0.3, 0.4) is 0 Å². The first kappa shape index (κ1) is 22.5. The van der Waals surface area contributed by atoms with Crippen molar-refractivity contribution in [2.75, 3.05) is 13.7 Å². The van der Waals surface area contributed by atoms with Crippen molar-refractivity contribution in [2.24, 2.45) is 5.10 Å². The van der Waals surface area contributed by atoms with Crippen LogP contribution in [0.5, 0.6) is 17.2 Å². The lowest BCUT2D eigenvalue weighted by Crippen LogP contribution is -2.24. The molecule has 0 aliphatic rings. The number of carbonyl (C=O) groups is 1. The molecule has 1 N–H and O–H groups in total. The van der Waals surface area contributed by atoms with Crippen LogP contribution in [-0.4, -0.2) is 25.8 Å². The number of carbonyl (C=O) groups excluding carboxylic acids is 1. The van der Waals surface area contributed by atoms with Crippen molar-refractivity contribution in [3.63, 3.8) is 0 Å². The van der Waals surface area contributed by atoms with Crippen LogP contribution in [0.1, 0.15) is 11.1 Å². The number of nitrogens with zero attached hydrogens (tertiary/aromatic N) is 1. The number of methoxy groups -OCH3 is 1. The zero-order chi connectivity index (χ0) is 22.1. The van der Waals surface area contributed by atoms with Gasteiger partial charge in [-0.1, -0.05) is 59.6 Å². The highest BCUT2D eigenvalue weighted by atomic mass is 35.5. The van der Waals surface area contributed by atoms with Crippen LogP contribution in [0.25, 0.3) is 0 Å². The van der Waals surface area contributed by atoms with Crippen molar-refractivity contribution in [1.82, 2.24) is 5.43 Å². The van der Waals surface area contributed by atoms with Gasteiger partial charge in [0.2, 0.25) is 0 Å². The van der Waals surface area contributed by atoms with Crippen LogP contribution in [0, 0.1) is 0 Å². The third-order valence-corrected chi connectivity index (χ3v) is 4.83. The summed E-state index contributed by atoms with van der Waals surface area (Å²) in [6.07, 6.45) is 1.47. The summed E-state index contributed by atoms with van der Waals surface area (Å²) in [4.78, 5) is 12.0. The Morgan fingerprint density at radius 1 is 0.935 bits per heavy atom. The fraction of sp³-hybridized carbons (Fsp3) is 0.130. The van der Waals surface area contributed by atoms with Gasteiger partial charge < -0.3 is 14.2 Å². The lowest BCUT2D eigenvalue weighted by molar-refractivity contribution is -0.123. The van der Waals surface area contributed by atoms with Crippen LogP contribution in [-0.2, 0) is 11.4 Å². The van der Waals surface area contributed by atoms with Gasteiger partial charge in [0.05, 0.1) is 18.3 Å². The topological polar surface area (TPSA) is 69.2 Å². The summed E-state index contributed by atoms with van der Waals surface area (Å²) >= 11 is 12.2. The molecule has 0 unspecified atom stereocenters. The van der Waals surface area contributed by atoms with Gasteiger partial charge in [0.15, 0.2) is 18.1 Å². The first-order chi connectivity index (χ1) is 15.1. The molecule has 0 fully saturated rings. The van der Waals surface area contributed by atoms with Gasteiger partial charge in [0.25, 0.3) is 5.91 Å². The fourth-order valence-electron chi connectivity index (χ4n) is 2.63. The fourth-order valence-corrected chi connectivity index (χ4v) is 3.01. The second kappa shape index (κ2) is 11.2. The number of ether oxygens (including phenoxy) is 3.